The summed E-state index contributed by atoms with van der Waals surface area (Å²) in [4.78, 5) is 12.2. The molecule has 0 aromatic heterocycles. The fraction of sp³-hybridized carbons (Fsp3) is 0.611. The van der Waals surface area contributed by atoms with E-state index in [4.69, 9.17) is 9.47 Å². The van der Waals surface area contributed by atoms with Crippen LogP contribution in [0, 0.1) is 5.92 Å². The molecule has 1 saturated heterocycles. The molecular weight excluding hydrogens is 342 g/mol. The monoisotopic (exact) mass is 369 g/mol. The van der Waals surface area contributed by atoms with E-state index in [1.54, 1.807) is 0 Å². The standard InChI is InChI=1S/C18H27NO5S/c1-4-23-16-7-6-15(11-17(16)24-5-2)13(3)19-18(20)10-14-8-9-25(21,22)12-14/h6-7,11,13-14H,4-5,8-10,12H2,1-3H3,(H,19,20)/t13-,14+/m1/s1. The van der Waals surface area contributed by atoms with E-state index >= 15 is 0 Å². The number of amides is 1. The zero-order valence-corrected chi connectivity index (χ0v) is 15.9. The third-order valence-corrected chi connectivity index (χ3v) is 6.08. The van der Waals surface area contributed by atoms with Crippen LogP contribution in [-0.4, -0.2) is 39.0 Å². The highest BCUT2D eigenvalue weighted by atomic mass is 32.2. The second-order valence-corrected chi connectivity index (χ2v) is 8.56. The molecule has 0 aliphatic carbocycles. The molecule has 140 valence electrons. The van der Waals surface area contributed by atoms with E-state index in [1.165, 1.54) is 0 Å². The molecule has 7 heteroatoms. The molecule has 0 bridgehead atoms. The zero-order valence-electron chi connectivity index (χ0n) is 15.1. The van der Waals surface area contributed by atoms with Gasteiger partial charge in [-0.15, -0.1) is 0 Å². The molecule has 1 fully saturated rings. The average Bonchev–Trinajstić information content (AvgIpc) is 2.87. The molecule has 1 amide bonds. The maximum absolute atomic E-state index is 12.2. The van der Waals surface area contributed by atoms with Crippen molar-refractivity contribution < 1.29 is 22.7 Å². The third-order valence-electron chi connectivity index (χ3n) is 4.25. The van der Waals surface area contributed by atoms with Gasteiger partial charge in [-0.1, -0.05) is 6.07 Å². The number of benzene rings is 1. The smallest absolute Gasteiger partial charge is 0.220 e. The van der Waals surface area contributed by atoms with Crippen LogP contribution in [0.4, 0.5) is 0 Å². The van der Waals surface area contributed by atoms with Gasteiger partial charge in [0.2, 0.25) is 5.91 Å². The molecule has 1 heterocycles. The van der Waals surface area contributed by atoms with E-state index in [9.17, 15) is 13.2 Å². The molecule has 1 aliphatic rings. The summed E-state index contributed by atoms with van der Waals surface area (Å²) in [6.45, 7) is 6.80. The van der Waals surface area contributed by atoms with Gasteiger partial charge in [0.05, 0.1) is 30.8 Å². The number of sulfone groups is 1. The Hall–Kier alpha value is -1.76. The molecule has 1 aromatic rings. The summed E-state index contributed by atoms with van der Waals surface area (Å²) in [5.41, 5.74) is 0.916. The highest BCUT2D eigenvalue weighted by Crippen LogP contribution is 2.31. The molecule has 0 saturated carbocycles. The lowest BCUT2D eigenvalue weighted by atomic mass is 10.0. The number of rotatable bonds is 8. The minimum Gasteiger partial charge on any atom is -0.490 e. The summed E-state index contributed by atoms with van der Waals surface area (Å²) in [6.07, 6.45) is 0.820. The topological polar surface area (TPSA) is 81.7 Å². The van der Waals surface area contributed by atoms with E-state index in [2.05, 4.69) is 5.32 Å². The van der Waals surface area contributed by atoms with Crippen LogP contribution in [0.15, 0.2) is 18.2 Å². The highest BCUT2D eigenvalue weighted by Gasteiger charge is 2.29. The first-order valence-corrected chi connectivity index (χ1v) is 10.6. The van der Waals surface area contributed by atoms with Gasteiger partial charge in [-0.25, -0.2) is 8.42 Å². The first-order valence-electron chi connectivity index (χ1n) is 8.74. The Bertz CT molecular complexity index is 701. The first kappa shape index (κ1) is 19.6. The van der Waals surface area contributed by atoms with E-state index in [-0.39, 0.29) is 35.8 Å². The van der Waals surface area contributed by atoms with Gasteiger partial charge in [-0.2, -0.15) is 0 Å². The van der Waals surface area contributed by atoms with Crippen LogP contribution in [0.3, 0.4) is 0 Å². The van der Waals surface area contributed by atoms with Crippen molar-refractivity contribution in [3.05, 3.63) is 23.8 Å². The Morgan fingerprint density at radius 3 is 2.52 bits per heavy atom. The summed E-state index contributed by atoms with van der Waals surface area (Å²) in [6, 6.07) is 5.42. The molecule has 0 unspecified atom stereocenters. The lowest BCUT2D eigenvalue weighted by Gasteiger charge is -2.18. The van der Waals surface area contributed by atoms with Crippen molar-refractivity contribution in [1.82, 2.24) is 5.32 Å². The van der Waals surface area contributed by atoms with Crippen LogP contribution in [0.5, 0.6) is 11.5 Å². The van der Waals surface area contributed by atoms with Gasteiger partial charge in [-0.05, 0) is 50.8 Å². The van der Waals surface area contributed by atoms with Crippen molar-refractivity contribution in [3.63, 3.8) is 0 Å². The molecule has 2 atom stereocenters. The molecule has 0 radical (unpaired) electrons. The largest absolute Gasteiger partial charge is 0.490 e. The van der Waals surface area contributed by atoms with Crippen LogP contribution in [0.1, 0.15) is 45.2 Å². The van der Waals surface area contributed by atoms with Crippen LogP contribution < -0.4 is 14.8 Å². The summed E-state index contributed by atoms with van der Waals surface area (Å²) in [7, 11) is -2.95. The van der Waals surface area contributed by atoms with Crippen LogP contribution in [0.25, 0.3) is 0 Å². The van der Waals surface area contributed by atoms with Crippen LogP contribution in [-0.2, 0) is 14.6 Å². The van der Waals surface area contributed by atoms with Crippen LogP contribution in [0.2, 0.25) is 0 Å². The second-order valence-electron chi connectivity index (χ2n) is 6.33. The van der Waals surface area contributed by atoms with Gasteiger partial charge in [0.25, 0.3) is 0 Å². The Morgan fingerprint density at radius 2 is 1.92 bits per heavy atom. The SMILES string of the molecule is CCOc1ccc([C@@H](C)NC(=O)C[C@@H]2CCS(=O)(=O)C2)cc1OCC. The van der Waals surface area contributed by atoms with Gasteiger partial charge < -0.3 is 14.8 Å². The van der Waals surface area contributed by atoms with Crippen molar-refractivity contribution >= 4 is 15.7 Å². The first-order chi connectivity index (χ1) is 11.8. The summed E-state index contributed by atoms with van der Waals surface area (Å²) < 4.78 is 34.1. The van der Waals surface area contributed by atoms with Crippen molar-refractivity contribution in [2.24, 2.45) is 5.92 Å². The maximum Gasteiger partial charge on any atom is 0.220 e. The number of hydrogen-bond donors (Lipinski definition) is 1. The fourth-order valence-corrected chi connectivity index (χ4v) is 4.88. The Kier molecular flexibility index (Phi) is 6.70. The van der Waals surface area contributed by atoms with E-state index in [0.717, 1.165) is 5.56 Å². The molecule has 0 spiro atoms. The molecule has 1 aliphatic heterocycles. The quantitative estimate of drug-likeness (QED) is 0.761. The molecule has 1 N–H and O–H groups in total. The van der Waals surface area contributed by atoms with Crippen molar-refractivity contribution in [1.29, 1.82) is 0 Å². The van der Waals surface area contributed by atoms with Gasteiger partial charge in [-0.3, -0.25) is 4.79 Å². The number of carbonyl (C=O) groups is 1. The number of nitrogens with one attached hydrogen (secondary N) is 1. The maximum atomic E-state index is 12.2. The average molecular weight is 369 g/mol. The molecule has 2 rings (SSSR count). The summed E-state index contributed by atoms with van der Waals surface area (Å²) in [5, 5.41) is 2.94. The summed E-state index contributed by atoms with van der Waals surface area (Å²) in [5.74, 6) is 1.45. The van der Waals surface area contributed by atoms with Crippen molar-refractivity contribution in [2.75, 3.05) is 24.7 Å². The second kappa shape index (κ2) is 8.56. The predicted octanol–water partition coefficient (Wildman–Crippen LogP) is 2.49. The lowest BCUT2D eigenvalue weighted by Crippen LogP contribution is -2.28. The highest BCUT2D eigenvalue weighted by molar-refractivity contribution is 7.91. The van der Waals surface area contributed by atoms with E-state index < -0.39 is 9.84 Å². The van der Waals surface area contributed by atoms with E-state index in [0.29, 0.717) is 31.1 Å². The van der Waals surface area contributed by atoms with Gasteiger partial charge in [0, 0.05) is 6.42 Å². The fourth-order valence-electron chi connectivity index (χ4n) is 3.02. The molecular formula is C18H27NO5S. The van der Waals surface area contributed by atoms with Gasteiger partial charge >= 0.3 is 0 Å². The van der Waals surface area contributed by atoms with Crippen molar-refractivity contribution in [2.45, 2.75) is 39.7 Å². The normalized spacial score (nSPS) is 20.0. The summed E-state index contributed by atoms with van der Waals surface area (Å²) >= 11 is 0. The Labute approximate surface area is 149 Å². The lowest BCUT2D eigenvalue weighted by molar-refractivity contribution is -0.122. The minimum atomic E-state index is -2.95. The number of ether oxygens (including phenoxy) is 2. The molecule has 1 aromatic carbocycles. The molecule has 25 heavy (non-hydrogen) atoms. The Balaban J connectivity index is 1.98. The van der Waals surface area contributed by atoms with Gasteiger partial charge in [0.15, 0.2) is 21.3 Å². The van der Waals surface area contributed by atoms with E-state index in [1.807, 2.05) is 39.0 Å². The molecule has 6 nitrogen and oxygen atoms in total. The predicted molar refractivity (Wildman–Crippen MR) is 96.7 cm³/mol. The van der Waals surface area contributed by atoms with Crippen molar-refractivity contribution in [3.8, 4) is 11.5 Å². The minimum absolute atomic E-state index is 0.0727. The number of carbonyl (C=O) groups excluding carboxylic acids is 1. The zero-order chi connectivity index (χ0) is 18.4. The third kappa shape index (κ3) is 5.63. The van der Waals surface area contributed by atoms with Crippen LogP contribution >= 0.6 is 0 Å². The Morgan fingerprint density at radius 1 is 1.24 bits per heavy atom. The number of hydrogen-bond acceptors (Lipinski definition) is 5. The van der Waals surface area contributed by atoms with Gasteiger partial charge in [0.1, 0.15) is 0 Å².